The molecule has 0 saturated heterocycles. The van der Waals surface area contributed by atoms with Gasteiger partial charge in [-0.2, -0.15) is 0 Å². The van der Waals surface area contributed by atoms with Crippen molar-refractivity contribution in [1.82, 2.24) is 0 Å². The van der Waals surface area contributed by atoms with E-state index in [1.165, 1.54) is 19.1 Å². The average Bonchev–Trinajstić information content (AvgIpc) is 2.28. The zero-order chi connectivity index (χ0) is 16.4. The summed E-state index contributed by atoms with van der Waals surface area (Å²) in [5, 5.41) is 0.114. The number of benzene rings is 1. The van der Waals surface area contributed by atoms with E-state index < -0.39 is 15.0 Å². The summed E-state index contributed by atoms with van der Waals surface area (Å²) < 4.78 is 28.3. The Morgan fingerprint density at radius 2 is 1.86 bits per heavy atom. The smallest absolute Gasteiger partial charge is 0.338 e. The van der Waals surface area contributed by atoms with E-state index in [1.54, 1.807) is 6.92 Å². The molecule has 0 fully saturated rings. The van der Waals surface area contributed by atoms with E-state index in [-0.39, 0.29) is 27.1 Å². The molecule has 1 aromatic rings. The Morgan fingerprint density at radius 3 is 2.33 bits per heavy atom. The zero-order valence-corrected chi connectivity index (χ0v) is 14.6. The first kappa shape index (κ1) is 18.3. The number of ether oxygens (including phenoxy) is 1. The number of halogens is 2. The Balaban J connectivity index is 3.14. The lowest BCUT2D eigenvalue weighted by Crippen LogP contribution is -2.18. The number of esters is 1. The molecular formula is C14H18Cl2O4S. The minimum atomic E-state index is -3.98. The first-order valence-electron chi connectivity index (χ1n) is 6.48. The maximum absolute atomic E-state index is 12.2. The van der Waals surface area contributed by atoms with Crippen LogP contribution >= 0.6 is 22.3 Å². The molecule has 1 atom stereocenters. The van der Waals surface area contributed by atoms with Gasteiger partial charge in [-0.25, -0.2) is 13.2 Å². The van der Waals surface area contributed by atoms with E-state index in [9.17, 15) is 13.2 Å². The van der Waals surface area contributed by atoms with Gasteiger partial charge in [-0.3, -0.25) is 0 Å². The number of hydrogen-bond donors (Lipinski definition) is 0. The molecule has 0 aliphatic carbocycles. The topological polar surface area (TPSA) is 60.4 Å². The summed E-state index contributed by atoms with van der Waals surface area (Å²) in [6.07, 6.45) is 0.443. The van der Waals surface area contributed by atoms with Gasteiger partial charge in [-0.1, -0.05) is 25.4 Å². The van der Waals surface area contributed by atoms with Crippen LogP contribution in [-0.4, -0.2) is 20.5 Å². The van der Waals surface area contributed by atoms with Crippen molar-refractivity contribution in [3.05, 3.63) is 28.3 Å². The second kappa shape index (κ2) is 6.99. The molecule has 4 nitrogen and oxygen atoms in total. The van der Waals surface area contributed by atoms with Crippen LogP contribution in [0.4, 0.5) is 0 Å². The molecule has 0 spiro atoms. The lowest BCUT2D eigenvalue weighted by atomic mass is 10.1. The molecule has 21 heavy (non-hydrogen) atoms. The maximum atomic E-state index is 12.2. The summed E-state index contributed by atoms with van der Waals surface area (Å²) in [7, 11) is 1.37. The summed E-state index contributed by atoms with van der Waals surface area (Å²) >= 11 is 5.86. The molecule has 7 heteroatoms. The van der Waals surface area contributed by atoms with Gasteiger partial charge in [0.1, 0.15) is 0 Å². The molecule has 1 aromatic carbocycles. The molecule has 0 N–H and O–H groups in total. The van der Waals surface area contributed by atoms with Crippen molar-refractivity contribution in [2.24, 2.45) is 5.92 Å². The third-order valence-corrected chi connectivity index (χ3v) is 4.59. The quantitative estimate of drug-likeness (QED) is 0.589. The SMILES string of the molecule is Cc1c(C(=O)OC(C)CC(C)C)cc(Cl)cc1S(=O)(=O)Cl. The largest absolute Gasteiger partial charge is 0.459 e. The summed E-state index contributed by atoms with van der Waals surface area (Å²) in [6, 6.07) is 2.60. The highest BCUT2D eigenvalue weighted by molar-refractivity contribution is 8.13. The summed E-state index contributed by atoms with van der Waals surface area (Å²) in [6.45, 7) is 7.33. The molecule has 0 bridgehead atoms. The third-order valence-electron chi connectivity index (χ3n) is 2.92. The fourth-order valence-electron chi connectivity index (χ4n) is 2.08. The minimum Gasteiger partial charge on any atom is -0.459 e. The lowest BCUT2D eigenvalue weighted by Gasteiger charge is -2.16. The lowest BCUT2D eigenvalue weighted by molar-refractivity contribution is 0.0298. The first-order chi connectivity index (χ1) is 9.52. The predicted octanol–water partition coefficient (Wildman–Crippen LogP) is 4.17. The van der Waals surface area contributed by atoms with Gasteiger partial charge >= 0.3 is 5.97 Å². The minimum absolute atomic E-state index is 0.109. The van der Waals surface area contributed by atoms with Crippen molar-refractivity contribution in [3.8, 4) is 0 Å². The molecule has 0 amide bonds. The number of carbonyl (C=O) groups is 1. The highest BCUT2D eigenvalue weighted by atomic mass is 35.7. The van der Waals surface area contributed by atoms with Crippen molar-refractivity contribution in [2.75, 3.05) is 0 Å². The molecule has 1 unspecified atom stereocenters. The van der Waals surface area contributed by atoms with Crippen molar-refractivity contribution in [3.63, 3.8) is 0 Å². The van der Waals surface area contributed by atoms with Crippen LogP contribution in [0.3, 0.4) is 0 Å². The van der Waals surface area contributed by atoms with Crippen LogP contribution in [0.5, 0.6) is 0 Å². The monoisotopic (exact) mass is 352 g/mol. The molecular weight excluding hydrogens is 335 g/mol. The fraction of sp³-hybridized carbons (Fsp3) is 0.500. The normalized spacial score (nSPS) is 13.3. The van der Waals surface area contributed by atoms with Gasteiger partial charge < -0.3 is 4.74 Å². The zero-order valence-electron chi connectivity index (χ0n) is 12.3. The standard InChI is InChI=1S/C14H18Cl2O4S/c1-8(2)5-9(3)20-14(17)12-6-11(15)7-13(10(12)4)21(16,18)19/h6-9H,5H2,1-4H3. The van der Waals surface area contributed by atoms with Gasteiger partial charge in [0.2, 0.25) is 0 Å². The fourth-order valence-corrected chi connectivity index (χ4v) is 3.58. The van der Waals surface area contributed by atoms with Crippen LogP contribution in [0.1, 0.15) is 43.1 Å². The van der Waals surface area contributed by atoms with Gasteiger partial charge in [0.05, 0.1) is 16.6 Å². The number of rotatable bonds is 5. The van der Waals surface area contributed by atoms with E-state index in [4.69, 9.17) is 27.0 Å². The Kier molecular flexibility index (Phi) is 6.08. The molecule has 0 radical (unpaired) electrons. The summed E-state index contributed by atoms with van der Waals surface area (Å²) in [5.41, 5.74) is 0.341. The van der Waals surface area contributed by atoms with E-state index >= 15 is 0 Å². The highest BCUT2D eigenvalue weighted by Gasteiger charge is 2.22. The predicted molar refractivity (Wildman–Crippen MR) is 83.6 cm³/mol. The third kappa shape index (κ3) is 5.16. The van der Waals surface area contributed by atoms with Crippen molar-refractivity contribution < 1.29 is 17.9 Å². The van der Waals surface area contributed by atoms with Crippen LogP contribution in [-0.2, 0) is 13.8 Å². The Hall–Kier alpha value is -0.780. The molecule has 1 rings (SSSR count). The second-order valence-corrected chi connectivity index (χ2v) is 8.33. The van der Waals surface area contributed by atoms with Crippen LogP contribution in [0.15, 0.2) is 17.0 Å². The van der Waals surface area contributed by atoms with Gasteiger partial charge in [0.15, 0.2) is 0 Å². The van der Waals surface area contributed by atoms with Gasteiger partial charge in [-0.05, 0) is 43.9 Å². The molecule has 118 valence electrons. The van der Waals surface area contributed by atoms with Crippen LogP contribution < -0.4 is 0 Å². The molecule has 0 aromatic heterocycles. The second-order valence-electron chi connectivity index (χ2n) is 5.36. The summed E-state index contributed by atoms with van der Waals surface area (Å²) in [5.74, 6) is -0.225. The van der Waals surface area contributed by atoms with Crippen LogP contribution in [0.25, 0.3) is 0 Å². The Bertz CT molecular complexity index is 639. The van der Waals surface area contributed by atoms with Crippen molar-refractivity contribution in [1.29, 1.82) is 0 Å². The summed E-state index contributed by atoms with van der Waals surface area (Å²) in [4.78, 5) is 12.0. The highest BCUT2D eigenvalue weighted by Crippen LogP contribution is 2.27. The Labute approximate surface area is 134 Å². The van der Waals surface area contributed by atoms with Gasteiger partial charge in [-0.15, -0.1) is 0 Å². The first-order valence-corrected chi connectivity index (χ1v) is 9.17. The van der Waals surface area contributed by atoms with E-state index in [2.05, 4.69) is 0 Å². The number of hydrogen-bond acceptors (Lipinski definition) is 4. The molecule has 0 aliphatic rings. The van der Waals surface area contributed by atoms with Gasteiger partial charge in [0.25, 0.3) is 9.05 Å². The number of carbonyl (C=O) groups excluding carboxylic acids is 1. The van der Waals surface area contributed by atoms with Crippen molar-refractivity contribution >= 4 is 37.3 Å². The Morgan fingerprint density at radius 1 is 1.29 bits per heavy atom. The van der Waals surface area contributed by atoms with Crippen LogP contribution in [0.2, 0.25) is 5.02 Å². The van der Waals surface area contributed by atoms with Gasteiger partial charge in [0, 0.05) is 15.7 Å². The van der Waals surface area contributed by atoms with E-state index in [0.29, 0.717) is 12.3 Å². The van der Waals surface area contributed by atoms with E-state index in [1.807, 2.05) is 13.8 Å². The van der Waals surface area contributed by atoms with Crippen molar-refractivity contribution in [2.45, 2.75) is 45.1 Å². The molecule has 0 aliphatic heterocycles. The van der Waals surface area contributed by atoms with E-state index in [0.717, 1.165) is 0 Å². The van der Waals surface area contributed by atoms with Crippen LogP contribution in [0, 0.1) is 12.8 Å². The molecule has 0 saturated carbocycles. The maximum Gasteiger partial charge on any atom is 0.338 e. The average molecular weight is 353 g/mol. The molecule has 0 heterocycles.